The highest BCUT2D eigenvalue weighted by Gasteiger charge is 2.07. The van der Waals surface area contributed by atoms with Crippen molar-refractivity contribution in [2.45, 2.75) is 168 Å². The smallest absolute Gasteiger partial charge is 0.0459 e. The van der Waals surface area contributed by atoms with Gasteiger partial charge in [0, 0.05) is 6.61 Å². The first-order valence-corrected chi connectivity index (χ1v) is 14.0. The lowest BCUT2D eigenvalue weighted by atomic mass is 9.94. The topological polar surface area (TPSA) is 20.2 Å². The summed E-state index contributed by atoms with van der Waals surface area (Å²) in [6.07, 6.45) is 33.6. The van der Waals surface area contributed by atoms with E-state index in [-0.39, 0.29) is 0 Å². The molecule has 176 valence electrons. The Bertz CT molecular complexity index is 275. The highest BCUT2D eigenvalue weighted by Crippen LogP contribution is 2.19. The van der Waals surface area contributed by atoms with Gasteiger partial charge in [0.25, 0.3) is 0 Å². The third kappa shape index (κ3) is 24.1. The van der Waals surface area contributed by atoms with Crippen molar-refractivity contribution in [1.29, 1.82) is 0 Å². The van der Waals surface area contributed by atoms with Gasteiger partial charge in [-0.3, -0.25) is 0 Å². The summed E-state index contributed by atoms with van der Waals surface area (Å²) >= 11 is 0. The maximum Gasteiger partial charge on any atom is 0.0459 e. The molecule has 0 heterocycles. The molecule has 0 aliphatic heterocycles. The summed E-state index contributed by atoms with van der Waals surface area (Å²) in [7, 11) is 0. The van der Waals surface area contributed by atoms with Crippen molar-refractivity contribution in [3.8, 4) is 0 Å². The van der Waals surface area contributed by atoms with Gasteiger partial charge in [-0.1, -0.05) is 155 Å². The zero-order chi connectivity index (χ0) is 21.3. The number of aliphatic hydroxyl groups is 1. The van der Waals surface area contributed by atoms with Gasteiger partial charge in [-0.05, 0) is 18.8 Å². The molecule has 0 spiro atoms. The van der Waals surface area contributed by atoms with Crippen molar-refractivity contribution >= 4 is 0 Å². The second kappa shape index (κ2) is 26.0. The third-order valence-electron chi connectivity index (χ3n) is 6.69. The Balaban J connectivity index is 3.27. The Morgan fingerprint density at radius 3 is 0.862 bits per heavy atom. The fourth-order valence-electron chi connectivity index (χ4n) is 4.52. The van der Waals surface area contributed by atoms with Gasteiger partial charge in [0.15, 0.2) is 0 Å². The summed E-state index contributed by atoms with van der Waals surface area (Å²) in [6.45, 7) is 4.99. The quantitative estimate of drug-likeness (QED) is 0.148. The molecule has 1 unspecified atom stereocenters. The van der Waals surface area contributed by atoms with Crippen LogP contribution in [0.25, 0.3) is 0 Å². The Labute approximate surface area is 185 Å². The molecule has 0 amide bonds. The van der Waals surface area contributed by atoms with E-state index in [4.69, 9.17) is 0 Å². The fraction of sp³-hybridized carbons (Fsp3) is 1.00. The summed E-state index contributed by atoms with van der Waals surface area (Å²) in [4.78, 5) is 0. The van der Waals surface area contributed by atoms with Gasteiger partial charge in [0.05, 0.1) is 0 Å². The first-order valence-electron chi connectivity index (χ1n) is 14.0. The van der Waals surface area contributed by atoms with E-state index in [0.717, 1.165) is 0 Å². The van der Waals surface area contributed by atoms with Crippen LogP contribution in [0.15, 0.2) is 0 Å². The molecular weight excluding hydrogens is 352 g/mol. The molecule has 1 heteroatoms. The normalized spacial score (nSPS) is 12.5. The van der Waals surface area contributed by atoms with Crippen LogP contribution in [0.2, 0.25) is 0 Å². The van der Waals surface area contributed by atoms with Crippen molar-refractivity contribution < 1.29 is 5.11 Å². The van der Waals surface area contributed by atoms with E-state index in [1.54, 1.807) is 0 Å². The fourth-order valence-corrected chi connectivity index (χ4v) is 4.52. The van der Waals surface area contributed by atoms with Gasteiger partial charge >= 0.3 is 0 Å². The van der Waals surface area contributed by atoms with Gasteiger partial charge in [-0.15, -0.1) is 0 Å². The first-order chi connectivity index (χ1) is 14.3. The number of hydrogen-bond donors (Lipinski definition) is 1. The predicted molar refractivity (Wildman–Crippen MR) is 133 cm³/mol. The molecule has 0 rings (SSSR count). The van der Waals surface area contributed by atoms with Gasteiger partial charge in [0.2, 0.25) is 0 Å². The SMILES string of the molecule is CCCCCCCCCCCCCCC(CO)CCCCCCCCCCCC. The van der Waals surface area contributed by atoms with Crippen LogP contribution in [0.1, 0.15) is 168 Å². The molecule has 1 N–H and O–H groups in total. The van der Waals surface area contributed by atoms with E-state index in [0.29, 0.717) is 12.5 Å². The Kier molecular flexibility index (Phi) is 26.0. The first kappa shape index (κ1) is 29.0. The van der Waals surface area contributed by atoms with E-state index in [2.05, 4.69) is 13.8 Å². The summed E-state index contributed by atoms with van der Waals surface area (Å²) in [5, 5.41) is 9.65. The molecule has 0 bridgehead atoms. The maximum atomic E-state index is 9.65. The monoisotopic (exact) mass is 410 g/mol. The van der Waals surface area contributed by atoms with Gasteiger partial charge in [0.1, 0.15) is 0 Å². The second-order valence-corrected chi connectivity index (χ2v) is 9.70. The molecule has 0 fully saturated rings. The lowest BCUT2D eigenvalue weighted by Crippen LogP contribution is -2.06. The van der Waals surface area contributed by atoms with E-state index in [1.807, 2.05) is 0 Å². The zero-order valence-electron chi connectivity index (χ0n) is 20.7. The van der Waals surface area contributed by atoms with E-state index >= 15 is 0 Å². The van der Waals surface area contributed by atoms with Crippen LogP contribution in [0.3, 0.4) is 0 Å². The van der Waals surface area contributed by atoms with Crippen molar-refractivity contribution in [2.24, 2.45) is 5.92 Å². The highest BCUT2D eigenvalue weighted by molar-refractivity contribution is 4.60. The molecule has 1 nitrogen and oxygen atoms in total. The molecule has 0 saturated carbocycles. The minimum atomic E-state index is 0.412. The molecule has 0 aromatic carbocycles. The molecule has 0 aromatic heterocycles. The second-order valence-electron chi connectivity index (χ2n) is 9.70. The third-order valence-corrected chi connectivity index (χ3v) is 6.69. The Hall–Kier alpha value is -0.0400. The minimum Gasteiger partial charge on any atom is -0.396 e. The number of aliphatic hydroxyl groups excluding tert-OH is 1. The largest absolute Gasteiger partial charge is 0.396 e. The molecule has 0 aliphatic carbocycles. The van der Waals surface area contributed by atoms with E-state index in [1.165, 1.54) is 154 Å². The molecule has 29 heavy (non-hydrogen) atoms. The minimum absolute atomic E-state index is 0.412. The van der Waals surface area contributed by atoms with Crippen molar-refractivity contribution in [1.82, 2.24) is 0 Å². The summed E-state index contributed by atoms with van der Waals surface area (Å²) < 4.78 is 0. The van der Waals surface area contributed by atoms with Crippen LogP contribution < -0.4 is 0 Å². The average Bonchev–Trinajstić information content (AvgIpc) is 2.74. The van der Waals surface area contributed by atoms with Crippen LogP contribution in [0, 0.1) is 5.92 Å². The average molecular weight is 411 g/mol. The lowest BCUT2D eigenvalue weighted by Gasteiger charge is -2.13. The van der Waals surface area contributed by atoms with Crippen molar-refractivity contribution in [3.63, 3.8) is 0 Å². The molecule has 1 atom stereocenters. The molecular formula is C28H58O. The van der Waals surface area contributed by atoms with Crippen LogP contribution in [0.4, 0.5) is 0 Å². The zero-order valence-corrected chi connectivity index (χ0v) is 20.7. The van der Waals surface area contributed by atoms with Crippen molar-refractivity contribution in [3.05, 3.63) is 0 Å². The van der Waals surface area contributed by atoms with Crippen LogP contribution in [-0.2, 0) is 0 Å². The van der Waals surface area contributed by atoms with E-state index < -0.39 is 0 Å². The van der Waals surface area contributed by atoms with E-state index in [9.17, 15) is 5.11 Å². The molecule has 0 saturated heterocycles. The number of rotatable bonds is 25. The Morgan fingerprint density at radius 2 is 0.621 bits per heavy atom. The molecule has 0 aliphatic rings. The standard InChI is InChI=1S/C28H58O/c1-3-5-7-9-11-13-15-16-18-20-22-24-26-28(27-29)25-23-21-19-17-14-12-10-8-6-4-2/h28-29H,3-27H2,1-2H3. The van der Waals surface area contributed by atoms with Crippen LogP contribution >= 0.6 is 0 Å². The van der Waals surface area contributed by atoms with Crippen LogP contribution in [0.5, 0.6) is 0 Å². The van der Waals surface area contributed by atoms with Gasteiger partial charge < -0.3 is 5.11 Å². The number of unbranched alkanes of at least 4 members (excludes halogenated alkanes) is 20. The summed E-state index contributed by atoms with van der Waals surface area (Å²) in [5.74, 6) is 0.576. The maximum absolute atomic E-state index is 9.65. The van der Waals surface area contributed by atoms with Gasteiger partial charge in [-0.2, -0.15) is 0 Å². The lowest BCUT2D eigenvalue weighted by molar-refractivity contribution is 0.204. The molecule has 0 radical (unpaired) electrons. The predicted octanol–water partition coefficient (Wildman–Crippen LogP) is 10.00. The van der Waals surface area contributed by atoms with Gasteiger partial charge in [-0.25, -0.2) is 0 Å². The molecule has 0 aromatic rings. The summed E-state index contributed by atoms with van der Waals surface area (Å²) in [6, 6.07) is 0. The number of hydrogen-bond acceptors (Lipinski definition) is 1. The van der Waals surface area contributed by atoms with Crippen molar-refractivity contribution in [2.75, 3.05) is 6.61 Å². The Morgan fingerprint density at radius 1 is 0.379 bits per heavy atom. The highest BCUT2D eigenvalue weighted by atomic mass is 16.3. The summed E-state index contributed by atoms with van der Waals surface area (Å²) in [5.41, 5.74) is 0. The van der Waals surface area contributed by atoms with Crippen LogP contribution in [-0.4, -0.2) is 11.7 Å².